The normalized spacial score (nSPS) is 24.5. The molecule has 0 aromatic heterocycles. The molecule has 1 fully saturated rings. The summed E-state index contributed by atoms with van der Waals surface area (Å²) in [6.45, 7) is 2.20. The van der Waals surface area contributed by atoms with Crippen molar-refractivity contribution >= 4 is 11.8 Å². The summed E-state index contributed by atoms with van der Waals surface area (Å²) in [6, 6.07) is -1.00. The van der Waals surface area contributed by atoms with E-state index in [-0.39, 0.29) is 5.91 Å². The summed E-state index contributed by atoms with van der Waals surface area (Å²) in [6.07, 6.45) is 1.49. The molecule has 2 atom stereocenters. The van der Waals surface area contributed by atoms with Crippen LogP contribution in [-0.2, 0) is 9.59 Å². The summed E-state index contributed by atoms with van der Waals surface area (Å²) in [5, 5.41) is 0. The smallest absolute Gasteiger partial charge is 0.240 e. The van der Waals surface area contributed by atoms with E-state index in [0.717, 1.165) is 6.42 Å². The van der Waals surface area contributed by atoms with Gasteiger partial charge in [-0.05, 0) is 19.8 Å². The Morgan fingerprint density at radius 1 is 1.54 bits per heavy atom. The number of primary amides is 1. The predicted octanol–water partition coefficient (Wildman–Crippen LogP) is -1.19. The minimum atomic E-state index is -0.556. The number of hydrogen-bond acceptors (Lipinski definition) is 3. The van der Waals surface area contributed by atoms with Crippen molar-refractivity contribution in [1.29, 1.82) is 0 Å². The first kappa shape index (κ1) is 9.98. The molecular formula is C8H15N3O2. The molecule has 0 aromatic rings. The Labute approximate surface area is 77.1 Å². The Balaban J connectivity index is 2.68. The van der Waals surface area contributed by atoms with Gasteiger partial charge in [-0.25, -0.2) is 0 Å². The molecule has 0 bridgehead atoms. The zero-order chi connectivity index (χ0) is 10.0. The van der Waals surface area contributed by atoms with Crippen LogP contribution in [0.1, 0.15) is 19.8 Å². The maximum atomic E-state index is 11.5. The van der Waals surface area contributed by atoms with E-state index >= 15 is 0 Å². The maximum Gasteiger partial charge on any atom is 0.240 e. The Kier molecular flexibility index (Phi) is 2.87. The number of likely N-dealkylation sites (tertiary alicyclic amines) is 1. The van der Waals surface area contributed by atoms with Crippen molar-refractivity contribution in [2.24, 2.45) is 11.5 Å². The van der Waals surface area contributed by atoms with E-state index in [1.807, 2.05) is 0 Å². The number of rotatable bonds is 2. The molecule has 5 heteroatoms. The average molecular weight is 185 g/mol. The summed E-state index contributed by atoms with van der Waals surface area (Å²) < 4.78 is 0. The van der Waals surface area contributed by atoms with Gasteiger partial charge >= 0.3 is 0 Å². The number of amides is 2. The molecule has 0 saturated carbocycles. The zero-order valence-electron chi connectivity index (χ0n) is 7.69. The van der Waals surface area contributed by atoms with Gasteiger partial charge in [0.2, 0.25) is 11.8 Å². The van der Waals surface area contributed by atoms with E-state index in [9.17, 15) is 9.59 Å². The fraction of sp³-hybridized carbons (Fsp3) is 0.750. The van der Waals surface area contributed by atoms with Crippen LogP contribution < -0.4 is 11.5 Å². The molecule has 5 nitrogen and oxygen atoms in total. The van der Waals surface area contributed by atoms with Gasteiger partial charge in [0.15, 0.2) is 0 Å². The highest BCUT2D eigenvalue weighted by atomic mass is 16.2. The first-order chi connectivity index (χ1) is 6.04. The monoisotopic (exact) mass is 185 g/mol. The van der Waals surface area contributed by atoms with Gasteiger partial charge in [-0.1, -0.05) is 0 Å². The summed E-state index contributed by atoms with van der Waals surface area (Å²) in [5.74, 6) is -0.632. The van der Waals surface area contributed by atoms with Crippen LogP contribution in [-0.4, -0.2) is 35.3 Å². The molecule has 1 saturated heterocycles. The molecule has 0 radical (unpaired) electrons. The first-order valence-electron chi connectivity index (χ1n) is 4.39. The largest absolute Gasteiger partial charge is 0.368 e. The molecule has 1 aliphatic heterocycles. The van der Waals surface area contributed by atoms with Crippen molar-refractivity contribution in [1.82, 2.24) is 4.90 Å². The fourth-order valence-corrected chi connectivity index (χ4v) is 1.59. The second-order valence-corrected chi connectivity index (χ2v) is 3.38. The number of hydrogen-bond donors (Lipinski definition) is 2. The third-order valence-corrected chi connectivity index (χ3v) is 2.25. The van der Waals surface area contributed by atoms with Gasteiger partial charge in [-0.2, -0.15) is 0 Å². The number of nitrogens with two attached hydrogens (primary N) is 2. The van der Waals surface area contributed by atoms with Crippen LogP contribution in [0.25, 0.3) is 0 Å². The fourth-order valence-electron chi connectivity index (χ4n) is 1.59. The van der Waals surface area contributed by atoms with Gasteiger partial charge in [-0.3, -0.25) is 9.59 Å². The quantitative estimate of drug-likeness (QED) is 0.567. The lowest BCUT2D eigenvalue weighted by atomic mass is 10.2. The number of carbonyl (C=O) groups is 2. The molecule has 1 unspecified atom stereocenters. The van der Waals surface area contributed by atoms with E-state index < -0.39 is 18.0 Å². The highest BCUT2D eigenvalue weighted by molar-refractivity contribution is 5.89. The molecule has 4 N–H and O–H groups in total. The van der Waals surface area contributed by atoms with Crippen LogP contribution in [0, 0.1) is 0 Å². The van der Waals surface area contributed by atoms with Gasteiger partial charge in [-0.15, -0.1) is 0 Å². The Bertz CT molecular complexity index is 227. The van der Waals surface area contributed by atoms with Crippen LogP contribution in [0.15, 0.2) is 0 Å². The van der Waals surface area contributed by atoms with Gasteiger partial charge in [0.25, 0.3) is 0 Å². The highest BCUT2D eigenvalue weighted by Crippen LogP contribution is 2.17. The van der Waals surface area contributed by atoms with Gasteiger partial charge in [0.1, 0.15) is 6.04 Å². The number of carbonyl (C=O) groups excluding carboxylic acids is 2. The molecule has 2 amide bonds. The molecule has 1 heterocycles. The van der Waals surface area contributed by atoms with Crippen LogP contribution in [0.5, 0.6) is 0 Å². The third kappa shape index (κ3) is 1.98. The van der Waals surface area contributed by atoms with E-state index in [1.165, 1.54) is 4.90 Å². The average Bonchev–Trinajstić information content (AvgIpc) is 2.50. The molecule has 74 valence electrons. The summed E-state index contributed by atoms with van der Waals surface area (Å²) in [7, 11) is 0. The predicted molar refractivity (Wildman–Crippen MR) is 47.6 cm³/mol. The van der Waals surface area contributed by atoms with Crippen molar-refractivity contribution in [3.63, 3.8) is 0 Å². The molecule has 0 spiro atoms. The highest BCUT2D eigenvalue weighted by Gasteiger charge is 2.33. The third-order valence-electron chi connectivity index (χ3n) is 2.25. The van der Waals surface area contributed by atoms with E-state index in [0.29, 0.717) is 13.0 Å². The summed E-state index contributed by atoms with van der Waals surface area (Å²) >= 11 is 0. The standard InChI is InChI=1S/C8H15N3O2/c1-5(9)8(13)11-4-2-3-6(11)7(10)12/h5-6H,2-4,9H2,1H3,(H2,10,12)/t5?,6-/m0/s1. The van der Waals surface area contributed by atoms with Crippen LogP contribution >= 0.6 is 0 Å². The van der Waals surface area contributed by atoms with Crippen molar-refractivity contribution < 1.29 is 9.59 Å². The van der Waals surface area contributed by atoms with Crippen molar-refractivity contribution in [3.05, 3.63) is 0 Å². The lowest BCUT2D eigenvalue weighted by molar-refractivity contribution is -0.138. The van der Waals surface area contributed by atoms with Gasteiger partial charge < -0.3 is 16.4 Å². The van der Waals surface area contributed by atoms with E-state index in [1.54, 1.807) is 6.92 Å². The van der Waals surface area contributed by atoms with Crippen molar-refractivity contribution in [3.8, 4) is 0 Å². The van der Waals surface area contributed by atoms with Crippen molar-refractivity contribution in [2.45, 2.75) is 31.8 Å². The molecule has 0 aromatic carbocycles. The molecule has 13 heavy (non-hydrogen) atoms. The van der Waals surface area contributed by atoms with Crippen LogP contribution in [0.2, 0.25) is 0 Å². The minimum absolute atomic E-state index is 0.193. The van der Waals surface area contributed by atoms with E-state index in [4.69, 9.17) is 11.5 Å². The molecular weight excluding hydrogens is 170 g/mol. The second kappa shape index (κ2) is 3.74. The maximum absolute atomic E-state index is 11.5. The van der Waals surface area contributed by atoms with Crippen LogP contribution in [0.3, 0.4) is 0 Å². The topological polar surface area (TPSA) is 89.4 Å². The van der Waals surface area contributed by atoms with Gasteiger partial charge in [0, 0.05) is 6.54 Å². The molecule has 1 rings (SSSR count). The lowest BCUT2D eigenvalue weighted by Crippen LogP contribution is -2.49. The Morgan fingerprint density at radius 3 is 2.62 bits per heavy atom. The Morgan fingerprint density at radius 2 is 2.15 bits per heavy atom. The lowest BCUT2D eigenvalue weighted by Gasteiger charge is -2.23. The van der Waals surface area contributed by atoms with Gasteiger partial charge in [0.05, 0.1) is 6.04 Å². The van der Waals surface area contributed by atoms with E-state index in [2.05, 4.69) is 0 Å². The van der Waals surface area contributed by atoms with Crippen molar-refractivity contribution in [2.75, 3.05) is 6.54 Å². The zero-order valence-corrected chi connectivity index (χ0v) is 7.69. The minimum Gasteiger partial charge on any atom is -0.368 e. The molecule has 1 aliphatic rings. The first-order valence-corrected chi connectivity index (χ1v) is 4.39. The number of nitrogens with zero attached hydrogens (tertiary/aromatic N) is 1. The van der Waals surface area contributed by atoms with Crippen LogP contribution in [0.4, 0.5) is 0 Å². The SMILES string of the molecule is CC(N)C(=O)N1CCC[C@H]1C(N)=O. The Hall–Kier alpha value is -1.10. The molecule has 0 aliphatic carbocycles. The summed E-state index contributed by atoms with van der Waals surface area (Å²) in [5.41, 5.74) is 10.6. The summed E-state index contributed by atoms with van der Waals surface area (Å²) in [4.78, 5) is 23.9. The second-order valence-electron chi connectivity index (χ2n) is 3.38.